The fourth-order valence-corrected chi connectivity index (χ4v) is 5.54. The van der Waals surface area contributed by atoms with Gasteiger partial charge in [-0.05, 0) is 74.2 Å². The minimum absolute atomic E-state index is 0.0781. The van der Waals surface area contributed by atoms with Crippen LogP contribution in [0.5, 0.6) is 0 Å². The van der Waals surface area contributed by atoms with Crippen molar-refractivity contribution in [2.75, 3.05) is 11.4 Å². The van der Waals surface area contributed by atoms with Crippen LogP contribution in [0.4, 0.5) is 5.13 Å². The summed E-state index contributed by atoms with van der Waals surface area (Å²) in [5, 5.41) is 5.91. The van der Waals surface area contributed by atoms with Gasteiger partial charge in [0.25, 0.3) is 5.91 Å². The number of amides is 1. The van der Waals surface area contributed by atoms with E-state index in [4.69, 9.17) is 16.6 Å². The number of hydrogen-bond acceptors (Lipinski definition) is 4. The SMILES string of the molecule is Cc1cc(C)n(CCN(C(=O)c2ccc(Cc3ccccc3)cc2)c2nc3c(C)c(Cl)ccc3s2)n1. The molecule has 0 aliphatic carbocycles. The van der Waals surface area contributed by atoms with Crippen molar-refractivity contribution in [3.8, 4) is 0 Å². The third kappa shape index (κ3) is 5.06. The third-order valence-electron chi connectivity index (χ3n) is 6.30. The summed E-state index contributed by atoms with van der Waals surface area (Å²) in [4.78, 5) is 20.4. The zero-order valence-corrected chi connectivity index (χ0v) is 22.1. The largest absolute Gasteiger partial charge is 0.282 e. The average Bonchev–Trinajstić information content (AvgIpc) is 3.45. The number of aromatic nitrogens is 3. The van der Waals surface area contributed by atoms with Crippen LogP contribution >= 0.6 is 22.9 Å². The van der Waals surface area contributed by atoms with Gasteiger partial charge in [0.1, 0.15) is 0 Å². The number of rotatable bonds is 7. The Kier molecular flexibility index (Phi) is 6.90. The van der Waals surface area contributed by atoms with E-state index in [-0.39, 0.29) is 5.91 Å². The molecule has 0 saturated heterocycles. The molecule has 0 aliphatic rings. The Morgan fingerprint density at radius 2 is 1.69 bits per heavy atom. The predicted molar refractivity (Wildman–Crippen MR) is 148 cm³/mol. The maximum absolute atomic E-state index is 13.8. The second kappa shape index (κ2) is 10.2. The Morgan fingerprint density at radius 1 is 0.972 bits per heavy atom. The summed E-state index contributed by atoms with van der Waals surface area (Å²) in [6.07, 6.45) is 0.828. The minimum atomic E-state index is -0.0781. The number of carbonyl (C=O) groups excluding carboxylic acids is 1. The highest BCUT2D eigenvalue weighted by molar-refractivity contribution is 7.22. The van der Waals surface area contributed by atoms with Crippen molar-refractivity contribution in [3.05, 3.63) is 111 Å². The predicted octanol–water partition coefficient (Wildman–Crippen LogP) is 7.01. The molecule has 0 N–H and O–H groups in total. The first-order chi connectivity index (χ1) is 17.4. The van der Waals surface area contributed by atoms with Gasteiger partial charge in [0.15, 0.2) is 5.13 Å². The summed E-state index contributed by atoms with van der Waals surface area (Å²) >= 11 is 7.85. The molecule has 0 saturated carbocycles. The molecule has 5 aromatic rings. The highest BCUT2D eigenvalue weighted by Crippen LogP contribution is 2.34. The van der Waals surface area contributed by atoms with E-state index >= 15 is 0 Å². The number of benzene rings is 3. The Morgan fingerprint density at radius 3 is 2.39 bits per heavy atom. The summed E-state index contributed by atoms with van der Waals surface area (Å²) < 4.78 is 2.95. The summed E-state index contributed by atoms with van der Waals surface area (Å²) in [6.45, 7) is 7.00. The second-order valence-corrected chi connectivity index (χ2v) is 10.4. The van der Waals surface area contributed by atoms with Gasteiger partial charge in [0.2, 0.25) is 0 Å². The van der Waals surface area contributed by atoms with Gasteiger partial charge in [-0.3, -0.25) is 14.4 Å². The van der Waals surface area contributed by atoms with Crippen LogP contribution in [0.15, 0.2) is 72.8 Å². The van der Waals surface area contributed by atoms with Crippen LogP contribution in [-0.2, 0) is 13.0 Å². The van der Waals surface area contributed by atoms with E-state index in [0.29, 0.717) is 28.8 Å². The van der Waals surface area contributed by atoms with Gasteiger partial charge in [-0.2, -0.15) is 5.10 Å². The van der Waals surface area contributed by atoms with Crippen LogP contribution in [0.3, 0.4) is 0 Å². The van der Waals surface area contributed by atoms with Crippen LogP contribution in [0.2, 0.25) is 5.02 Å². The lowest BCUT2D eigenvalue weighted by Crippen LogP contribution is -2.34. The van der Waals surface area contributed by atoms with Gasteiger partial charge in [-0.25, -0.2) is 4.98 Å². The highest BCUT2D eigenvalue weighted by atomic mass is 35.5. The van der Waals surface area contributed by atoms with Gasteiger partial charge in [-0.15, -0.1) is 0 Å². The van der Waals surface area contributed by atoms with Gasteiger partial charge in [0.05, 0.1) is 22.5 Å². The molecule has 7 heteroatoms. The maximum Gasteiger partial charge on any atom is 0.260 e. The molecule has 36 heavy (non-hydrogen) atoms. The van der Waals surface area contributed by atoms with Gasteiger partial charge < -0.3 is 0 Å². The molecule has 5 nitrogen and oxygen atoms in total. The fraction of sp³-hybridized carbons (Fsp3) is 0.207. The van der Waals surface area contributed by atoms with Crippen LogP contribution in [-0.4, -0.2) is 27.2 Å². The first-order valence-electron chi connectivity index (χ1n) is 11.9. The lowest BCUT2D eigenvalue weighted by molar-refractivity contribution is 0.0985. The standard InChI is InChI=1S/C29H27ClN4OS/c1-19-17-20(2)34(32-19)16-15-33(29-31-27-21(3)25(30)13-14-26(27)36-29)28(35)24-11-9-23(10-12-24)18-22-7-5-4-6-8-22/h4-14,17H,15-16,18H2,1-3H3. The molecule has 2 aromatic heterocycles. The monoisotopic (exact) mass is 514 g/mol. The van der Waals surface area contributed by atoms with Crippen LogP contribution in [0, 0.1) is 20.8 Å². The lowest BCUT2D eigenvalue weighted by atomic mass is 10.0. The molecule has 0 fully saturated rings. The van der Waals surface area contributed by atoms with Crippen molar-refractivity contribution >= 4 is 44.2 Å². The molecule has 5 rings (SSSR count). The van der Waals surface area contributed by atoms with Crippen LogP contribution < -0.4 is 4.90 Å². The average molecular weight is 515 g/mol. The molecular weight excluding hydrogens is 488 g/mol. The fourth-order valence-electron chi connectivity index (χ4n) is 4.34. The molecule has 0 bridgehead atoms. The number of nitrogens with zero attached hydrogens (tertiary/aromatic N) is 4. The number of halogens is 1. The molecule has 0 unspecified atom stereocenters. The van der Waals surface area contributed by atoms with E-state index in [1.807, 2.05) is 86.1 Å². The molecule has 2 heterocycles. The molecular formula is C29H27ClN4OS. The summed E-state index contributed by atoms with van der Waals surface area (Å²) in [5.41, 5.74) is 6.83. The number of fused-ring (bicyclic) bond motifs is 1. The zero-order chi connectivity index (χ0) is 25.2. The van der Waals surface area contributed by atoms with Crippen molar-refractivity contribution in [2.24, 2.45) is 0 Å². The summed E-state index contributed by atoms with van der Waals surface area (Å²) in [5.74, 6) is -0.0781. The van der Waals surface area contributed by atoms with E-state index in [1.165, 1.54) is 16.9 Å². The van der Waals surface area contributed by atoms with Gasteiger partial charge >= 0.3 is 0 Å². The van der Waals surface area contributed by atoms with Gasteiger partial charge in [-0.1, -0.05) is 65.4 Å². The van der Waals surface area contributed by atoms with E-state index in [0.717, 1.165) is 39.2 Å². The summed E-state index contributed by atoms with van der Waals surface area (Å²) in [6, 6.07) is 24.1. The Bertz CT molecular complexity index is 1520. The number of anilines is 1. The second-order valence-electron chi connectivity index (χ2n) is 8.98. The highest BCUT2D eigenvalue weighted by Gasteiger charge is 2.22. The van der Waals surface area contributed by atoms with E-state index in [9.17, 15) is 4.79 Å². The van der Waals surface area contributed by atoms with Crippen molar-refractivity contribution < 1.29 is 4.79 Å². The molecule has 0 spiro atoms. The first-order valence-corrected chi connectivity index (χ1v) is 13.1. The first kappa shape index (κ1) is 24.2. The van der Waals surface area contributed by atoms with Crippen molar-refractivity contribution in [2.45, 2.75) is 33.7 Å². The van der Waals surface area contributed by atoms with Gasteiger partial charge in [0, 0.05) is 22.8 Å². The van der Waals surface area contributed by atoms with E-state index in [2.05, 4.69) is 17.2 Å². The topological polar surface area (TPSA) is 51.0 Å². The quantitative estimate of drug-likeness (QED) is 0.235. The van der Waals surface area contributed by atoms with E-state index in [1.54, 1.807) is 4.90 Å². The Hall–Kier alpha value is -3.48. The summed E-state index contributed by atoms with van der Waals surface area (Å²) in [7, 11) is 0. The normalized spacial score (nSPS) is 11.2. The maximum atomic E-state index is 13.8. The lowest BCUT2D eigenvalue weighted by Gasteiger charge is -2.20. The molecule has 0 aliphatic heterocycles. The zero-order valence-electron chi connectivity index (χ0n) is 20.5. The third-order valence-corrected chi connectivity index (χ3v) is 7.76. The molecule has 182 valence electrons. The number of carbonyl (C=O) groups is 1. The molecule has 3 aromatic carbocycles. The van der Waals surface area contributed by atoms with Crippen molar-refractivity contribution in [3.63, 3.8) is 0 Å². The Balaban J connectivity index is 1.45. The van der Waals surface area contributed by atoms with Crippen molar-refractivity contribution in [1.29, 1.82) is 0 Å². The molecule has 0 atom stereocenters. The number of thiazole rings is 1. The molecule has 1 amide bonds. The number of aryl methyl sites for hydroxylation is 3. The van der Waals surface area contributed by atoms with Crippen molar-refractivity contribution in [1.82, 2.24) is 14.8 Å². The van der Waals surface area contributed by atoms with E-state index < -0.39 is 0 Å². The van der Waals surface area contributed by atoms with Crippen LogP contribution in [0.25, 0.3) is 10.2 Å². The minimum Gasteiger partial charge on any atom is -0.282 e. The smallest absolute Gasteiger partial charge is 0.260 e. The number of hydrogen-bond donors (Lipinski definition) is 0. The molecule has 0 radical (unpaired) electrons. The van der Waals surface area contributed by atoms with Crippen LogP contribution in [0.1, 0.15) is 38.4 Å². The Labute approximate surface area is 220 Å².